The molecular formula is C17H21N3O. The number of aromatic nitrogens is 3. The number of ketones is 1. The zero-order chi connectivity index (χ0) is 14.5. The molecule has 2 aromatic rings. The Bertz CT molecular complexity index is 585. The van der Waals surface area contributed by atoms with Gasteiger partial charge in [-0.15, -0.1) is 0 Å². The summed E-state index contributed by atoms with van der Waals surface area (Å²) in [4.78, 5) is 16.1. The van der Waals surface area contributed by atoms with E-state index in [-0.39, 0.29) is 5.78 Å². The van der Waals surface area contributed by atoms with Gasteiger partial charge in [0.2, 0.25) is 0 Å². The van der Waals surface area contributed by atoms with Crippen LogP contribution in [0.4, 0.5) is 0 Å². The highest BCUT2D eigenvalue weighted by molar-refractivity contribution is 5.82. The normalized spacial score (nSPS) is 16.0. The first kappa shape index (κ1) is 14.0. The molecule has 1 aliphatic rings. The van der Waals surface area contributed by atoms with Crippen molar-refractivity contribution >= 4 is 5.78 Å². The van der Waals surface area contributed by atoms with Crippen molar-refractivity contribution in [2.75, 3.05) is 0 Å². The van der Waals surface area contributed by atoms with Crippen molar-refractivity contribution in [2.45, 2.75) is 51.0 Å². The molecule has 0 atom stereocenters. The molecule has 4 nitrogen and oxygen atoms in total. The smallest absolute Gasteiger partial charge is 0.143 e. The minimum absolute atomic E-state index is 0.204. The lowest BCUT2D eigenvalue weighted by molar-refractivity contribution is -0.117. The summed E-state index contributed by atoms with van der Waals surface area (Å²) >= 11 is 0. The molecule has 0 spiro atoms. The zero-order valence-electron chi connectivity index (χ0n) is 12.2. The lowest BCUT2D eigenvalue weighted by Crippen LogP contribution is -2.14. The average Bonchev–Trinajstić information content (AvgIpc) is 2.97. The molecular weight excluding hydrogens is 262 g/mol. The van der Waals surface area contributed by atoms with Gasteiger partial charge >= 0.3 is 0 Å². The summed E-state index contributed by atoms with van der Waals surface area (Å²) in [7, 11) is 0. The lowest BCUT2D eigenvalue weighted by atomic mass is 9.96. The fourth-order valence-corrected chi connectivity index (χ4v) is 3.01. The number of hydrogen-bond donors (Lipinski definition) is 0. The summed E-state index contributed by atoms with van der Waals surface area (Å²) in [6.45, 7) is 0. The van der Waals surface area contributed by atoms with Crippen LogP contribution >= 0.6 is 0 Å². The van der Waals surface area contributed by atoms with E-state index < -0.39 is 0 Å². The van der Waals surface area contributed by atoms with Crippen LogP contribution < -0.4 is 0 Å². The second-order valence-corrected chi connectivity index (χ2v) is 5.83. The fourth-order valence-electron chi connectivity index (χ4n) is 3.01. The Balaban J connectivity index is 1.57. The molecule has 2 aromatic heterocycles. The molecule has 1 saturated carbocycles. The summed E-state index contributed by atoms with van der Waals surface area (Å²) in [5.74, 6) is 0.204. The van der Waals surface area contributed by atoms with Crippen LogP contribution in [0.1, 0.15) is 49.4 Å². The number of pyridine rings is 1. The first-order chi connectivity index (χ1) is 10.3. The molecule has 21 heavy (non-hydrogen) atoms. The van der Waals surface area contributed by atoms with Gasteiger partial charge in [-0.3, -0.25) is 14.5 Å². The van der Waals surface area contributed by atoms with Gasteiger partial charge in [0.15, 0.2) is 0 Å². The molecule has 0 radical (unpaired) electrons. The van der Waals surface area contributed by atoms with Gasteiger partial charge in [0.1, 0.15) is 5.78 Å². The standard InChI is InChI=1S/C17H21N3O/c21-17(12-14-6-9-18-10-7-14)13-15-8-11-20(19-15)16-4-2-1-3-5-16/h6-11,16H,1-5,12-13H2. The number of rotatable bonds is 5. The predicted molar refractivity (Wildman–Crippen MR) is 81.0 cm³/mol. The molecule has 0 amide bonds. The number of hydrogen-bond acceptors (Lipinski definition) is 3. The Morgan fingerprint density at radius 3 is 2.62 bits per heavy atom. The minimum Gasteiger partial charge on any atom is -0.299 e. The van der Waals surface area contributed by atoms with Crippen molar-refractivity contribution < 1.29 is 4.79 Å². The molecule has 1 fully saturated rings. The molecule has 110 valence electrons. The van der Waals surface area contributed by atoms with Crippen LogP contribution in [0.2, 0.25) is 0 Å². The SMILES string of the molecule is O=C(Cc1ccncc1)Cc1ccn(C2CCCCC2)n1. The Morgan fingerprint density at radius 1 is 1.10 bits per heavy atom. The first-order valence-electron chi connectivity index (χ1n) is 7.76. The number of Topliss-reactive ketones (excluding diaryl/α,β-unsaturated/α-hetero) is 1. The predicted octanol–water partition coefficient (Wildman–Crippen LogP) is 3.14. The average molecular weight is 283 g/mol. The van der Waals surface area contributed by atoms with Gasteiger partial charge in [-0.2, -0.15) is 5.10 Å². The molecule has 4 heteroatoms. The summed E-state index contributed by atoms with van der Waals surface area (Å²) in [5, 5.41) is 4.60. The molecule has 3 rings (SSSR count). The molecule has 0 aliphatic heterocycles. The van der Waals surface area contributed by atoms with Gasteiger partial charge in [-0.25, -0.2) is 0 Å². The third-order valence-electron chi connectivity index (χ3n) is 4.14. The van der Waals surface area contributed by atoms with Crippen molar-refractivity contribution in [1.82, 2.24) is 14.8 Å². The molecule has 0 saturated heterocycles. The highest BCUT2D eigenvalue weighted by Crippen LogP contribution is 2.27. The van der Waals surface area contributed by atoms with Crippen molar-refractivity contribution in [1.29, 1.82) is 0 Å². The highest BCUT2D eigenvalue weighted by Gasteiger charge is 2.16. The third-order valence-corrected chi connectivity index (χ3v) is 4.14. The maximum absolute atomic E-state index is 12.1. The van der Waals surface area contributed by atoms with E-state index in [1.54, 1.807) is 12.4 Å². The van der Waals surface area contributed by atoms with E-state index >= 15 is 0 Å². The maximum atomic E-state index is 12.1. The summed E-state index contributed by atoms with van der Waals surface area (Å²) in [6.07, 6.45) is 12.7. The van der Waals surface area contributed by atoms with Crippen molar-refractivity contribution in [3.8, 4) is 0 Å². The summed E-state index contributed by atoms with van der Waals surface area (Å²) < 4.78 is 2.06. The van der Waals surface area contributed by atoms with Crippen LogP contribution in [-0.2, 0) is 17.6 Å². The van der Waals surface area contributed by atoms with Crippen molar-refractivity contribution in [3.05, 3.63) is 48.0 Å². The third kappa shape index (κ3) is 3.78. The van der Waals surface area contributed by atoms with E-state index in [0.29, 0.717) is 18.9 Å². The van der Waals surface area contributed by atoms with Crippen molar-refractivity contribution in [3.63, 3.8) is 0 Å². The molecule has 0 bridgehead atoms. The van der Waals surface area contributed by atoms with Gasteiger partial charge in [0.05, 0.1) is 18.2 Å². The van der Waals surface area contributed by atoms with E-state index in [9.17, 15) is 4.79 Å². The van der Waals surface area contributed by atoms with Gasteiger partial charge < -0.3 is 0 Å². The van der Waals surface area contributed by atoms with Crippen LogP contribution in [0.5, 0.6) is 0 Å². The van der Waals surface area contributed by atoms with Gasteiger partial charge in [-0.05, 0) is 36.6 Å². The summed E-state index contributed by atoms with van der Waals surface area (Å²) in [5.41, 5.74) is 1.90. The fraction of sp³-hybridized carbons (Fsp3) is 0.471. The Kier molecular flexibility index (Phi) is 4.43. The zero-order valence-corrected chi connectivity index (χ0v) is 12.2. The van der Waals surface area contributed by atoms with Gasteiger partial charge in [0, 0.05) is 25.0 Å². The van der Waals surface area contributed by atoms with Crippen LogP contribution in [0.3, 0.4) is 0 Å². The Labute approximate surface area is 125 Å². The van der Waals surface area contributed by atoms with E-state index in [0.717, 1.165) is 11.3 Å². The number of carbonyl (C=O) groups is 1. The van der Waals surface area contributed by atoms with E-state index in [1.165, 1.54) is 32.1 Å². The lowest BCUT2D eigenvalue weighted by Gasteiger charge is -2.21. The highest BCUT2D eigenvalue weighted by atomic mass is 16.1. The quantitative estimate of drug-likeness (QED) is 0.847. The van der Waals surface area contributed by atoms with Gasteiger partial charge in [-0.1, -0.05) is 19.3 Å². The second-order valence-electron chi connectivity index (χ2n) is 5.83. The first-order valence-corrected chi connectivity index (χ1v) is 7.76. The molecule has 0 N–H and O–H groups in total. The summed E-state index contributed by atoms with van der Waals surface area (Å²) in [6, 6.07) is 6.29. The van der Waals surface area contributed by atoms with Crippen LogP contribution in [-0.4, -0.2) is 20.5 Å². The monoisotopic (exact) mass is 283 g/mol. The van der Waals surface area contributed by atoms with Crippen LogP contribution in [0.25, 0.3) is 0 Å². The van der Waals surface area contributed by atoms with Crippen LogP contribution in [0.15, 0.2) is 36.8 Å². The van der Waals surface area contributed by atoms with E-state index in [2.05, 4.69) is 14.8 Å². The number of carbonyl (C=O) groups excluding carboxylic acids is 1. The minimum atomic E-state index is 0.204. The molecule has 0 aromatic carbocycles. The topological polar surface area (TPSA) is 47.8 Å². The molecule has 0 unspecified atom stereocenters. The van der Waals surface area contributed by atoms with E-state index in [4.69, 9.17) is 0 Å². The maximum Gasteiger partial charge on any atom is 0.143 e. The Morgan fingerprint density at radius 2 is 1.86 bits per heavy atom. The Hall–Kier alpha value is -1.97. The molecule has 1 aliphatic carbocycles. The van der Waals surface area contributed by atoms with Crippen LogP contribution in [0, 0.1) is 0 Å². The van der Waals surface area contributed by atoms with Gasteiger partial charge in [0.25, 0.3) is 0 Å². The van der Waals surface area contributed by atoms with Crippen molar-refractivity contribution in [2.24, 2.45) is 0 Å². The van der Waals surface area contributed by atoms with E-state index in [1.807, 2.05) is 24.4 Å². The second kappa shape index (κ2) is 6.66. The molecule has 2 heterocycles. The largest absolute Gasteiger partial charge is 0.299 e. The number of nitrogens with zero attached hydrogens (tertiary/aromatic N) is 3.